The number of benzene rings is 2. The molecular formula is C15H10ClF2N3O2. The summed E-state index contributed by atoms with van der Waals surface area (Å²) >= 11 is 5.84. The normalized spacial score (nSPS) is 11.0. The van der Waals surface area contributed by atoms with E-state index in [0.717, 1.165) is 11.0 Å². The van der Waals surface area contributed by atoms with Gasteiger partial charge in [-0.3, -0.25) is 4.79 Å². The number of carbonyl (C=O) groups is 1. The Morgan fingerprint density at radius 1 is 1.26 bits per heavy atom. The molecule has 2 aromatic carbocycles. The second-order valence-electron chi connectivity index (χ2n) is 4.61. The first-order valence-corrected chi connectivity index (χ1v) is 6.89. The lowest BCUT2D eigenvalue weighted by atomic mass is 10.2. The number of carbonyl (C=O) groups excluding carboxylic acids is 1. The summed E-state index contributed by atoms with van der Waals surface area (Å²) in [5, 5.41) is 2.61. The number of hydrogen-bond donors (Lipinski definition) is 2. The van der Waals surface area contributed by atoms with Crippen molar-refractivity contribution in [1.29, 1.82) is 0 Å². The Labute approximate surface area is 134 Å². The highest BCUT2D eigenvalue weighted by atomic mass is 35.5. The molecule has 0 aliphatic carbocycles. The summed E-state index contributed by atoms with van der Waals surface area (Å²) < 4.78 is 28.6. The molecule has 3 aromatic rings. The molecule has 0 aliphatic heterocycles. The Kier molecular flexibility index (Phi) is 4.12. The number of hydrogen-bond acceptors (Lipinski definition) is 3. The van der Waals surface area contributed by atoms with Crippen LogP contribution < -0.4 is 10.1 Å². The Balaban J connectivity index is 1.78. The number of nitrogens with zero attached hydrogens (tertiary/aromatic N) is 1. The molecule has 0 saturated heterocycles. The predicted octanol–water partition coefficient (Wildman–Crippen LogP) is 4.07. The highest BCUT2D eigenvalue weighted by Gasteiger charge is 2.12. The second kappa shape index (κ2) is 6.21. The Morgan fingerprint density at radius 2 is 2.09 bits per heavy atom. The molecule has 0 radical (unpaired) electrons. The summed E-state index contributed by atoms with van der Waals surface area (Å²) in [6.07, 6.45) is 1.54. The van der Waals surface area contributed by atoms with Crippen LogP contribution in [-0.4, -0.2) is 22.5 Å². The Bertz CT molecular complexity index is 867. The highest BCUT2D eigenvalue weighted by Crippen LogP contribution is 2.29. The maximum Gasteiger partial charge on any atom is 0.387 e. The molecule has 0 bridgehead atoms. The zero-order chi connectivity index (χ0) is 16.4. The van der Waals surface area contributed by atoms with Gasteiger partial charge in [-0.25, -0.2) is 4.98 Å². The minimum absolute atomic E-state index is 0.0212. The Hall–Kier alpha value is -2.67. The van der Waals surface area contributed by atoms with E-state index in [2.05, 4.69) is 20.0 Å². The molecule has 0 atom stereocenters. The summed E-state index contributed by atoms with van der Waals surface area (Å²) in [6.45, 7) is -2.96. The third-order valence-electron chi connectivity index (χ3n) is 3.09. The van der Waals surface area contributed by atoms with Crippen LogP contribution in [0.1, 0.15) is 10.4 Å². The average molecular weight is 338 g/mol. The van der Waals surface area contributed by atoms with Gasteiger partial charge in [0.25, 0.3) is 5.91 Å². The number of alkyl halides is 2. The minimum atomic E-state index is -2.96. The Morgan fingerprint density at radius 3 is 2.83 bits per heavy atom. The summed E-state index contributed by atoms with van der Waals surface area (Å²) in [4.78, 5) is 19.2. The molecular weight excluding hydrogens is 328 g/mol. The number of nitrogens with one attached hydrogen (secondary N) is 2. The van der Waals surface area contributed by atoms with Crippen LogP contribution >= 0.6 is 11.6 Å². The minimum Gasteiger partial charge on any atom is -0.433 e. The number of halogens is 3. The second-order valence-corrected chi connectivity index (χ2v) is 5.02. The highest BCUT2D eigenvalue weighted by molar-refractivity contribution is 6.32. The van der Waals surface area contributed by atoms with E-state index in [-0.39, 0.29) is 16.7 Å². The van der Waals surface area contributed by atoms with Gasteiger partial charge >= 0.3 is 6.61 Å². The molecule has 23 heavy (non-hydrogen) atoms. The quantitative estimate of drug-likeness (QED) is 0.754. The van der Waals surface area contributed by atoms with Gasteiger partial charge in [0.05, 0.1) is 22.4 Å². The van der Waals surface area contributed by atoms with E-state index in [1.165, 1.54) is 24.5 Å². The van der Waals surface area contributed by atoms with E-state index in [9.17, 15) is 13.6 Å². The molecule has 0 unspecified atom stereocenters. The fourth-order valence-corrected chi connectivity index (χ4v) is 2.28. The van der Waals surface area contributed by atoms with Crippen molar-refractivity contribution < 1.29 is 18.3 Å². The standard InChI is InChI=1S/C15H10ClF2N3O2/c16-10-6-9(2-4-13(10)23-15(17)18)21-14(22)8-1-3-11-12(5-8)20-7-19-11/h1-7,15H,(H,19,20)(H,21,22). The van der Waals surface area contributed by atoms with Gasteiger partial charge in [-0.05, 0) is 36.4 Å². The summed E-state index contributed by atoms with van der Waals surface area (Å²) in [7, 11) is 0. The van der Waals surface area contributed by atoms with Gasteiger partial charge in [0, 0.05) is 11.3 Å². The monoisotopic (exact) mass is 337 g/mol. The largest absolute Gasteiger partial charge is 0.433 e. The topological polar surface area (TPSA) is 67.0 Å². The smallest absolute Gasteiger partial charge is 0.387 e. The molecule has 1 amide bonds. The van der Waals surface area contributed by atoms with Gasteiger partial charge in [-0.15, -0.1) is 0 Å². The number of aromatic nitrogens is 2. The molecule has 1 heterocycles. The number of rotatable bonds is 4. The van der Waals surface area contributed by atoms with Crippen molar-refractivity contribution in [3.05, 3.63) is 53.3 Å². The fraction of sp³-hybridized carbons (Fsp3) is 0.0667. The first kappa shape index (κ1) is 15.2. The van der Waals surface area contributed by atoms with Gasteiger partial charge in [0.15, 0.2) is 0 Å². The van der Waals surface area contributed by atoms with E-state index < -0.39 is 6.61 Å². The summed E-state index contributed by atoms with van der Waals surface area (Å²) in [5.74, 6) is -0.515. The van der Waals surface area contributed by atoms with Crippen LogP contribution in [0.4, 0.5) is 14.5 Å². The first-order valence-electron chi connectivity index (χ1n) is 6.52. The molecule has 2 N–H and O–H groups in total. The SMILES string of the molecule is O=C(Nc1ccc(OC(F)F)c(Cl)c1)c1ccc2nc[nH]c2c1. The number of ether oxygens (including phenoxy) is 1. The summed E-state index contributed by atoms with van der Waals surface area (Å²) in [5.41, 5.74) is 2.27. The number of fused-ring (bicyclic) bond motifs is 1. The fourth-order valence-electron chi connectivity index (χ4n) is 2.05. The summed E-state index contributed by atoms with van der Waals surface area (Å²) in [6, 6.07) is 9.04. The van der Waals surface area contributed by atoms with Crippen molar-refractivity contribution >= 4 is 34.2 Å². The molecule has 1 aromatic heterocycles. The number of imidazole rings is 1. The van der Waals surface area contributed by atoms with Gasteiger partial charge in [-0.1, -0.05) is 11.6 Å². The molecule has 0 aliphatic rings. The number of H-pyrrole nitrogens is 1. The van der Waals surface area contributed by atoms with E-state index in [1.807, 2.05) is 0 Å². The van der Waals surface area contributed by atoms with Crippen LogP contribution in [-0.2, 0) is 0 Å². The molecule has 8 heteroatoms. The first-order chi connectivity index (χ1) is 11.0. The van der Waals surface area contributed by atoms with Gasteiger partial charge in [-0.2, -0.15) is 8.78 Å². The number of anilines is 1. The van der Waals surface area contributed by atoms with Crippen molar-refractivity contribution in [3.63, 3.8) is 0 Å². The van der Waals surface area contributed by atoms with Gasteiger partial charge < -0.3 is 15.0 Å². The van der Waals surface area contributed by atoms with Crippen molar-refractivity contribution in [2.45, 2.75) is 6.61 Å². The van der Waals surface area contributed by atoms with E-state index in [0.29, 0.717) is 11.3 Å². The van der Waals surface area contributed by atoms with Crippen LogP contribution in [0.5, 0.6) is 5.75 Å². The van der Waals surface area contributed by atoms with Crippen molar-refractivity contribution in [1.82, 2.24) is 9.97 Å². The molecule has 118 valence electrons. The van der Waals surface area contributed by atoms with Crippen molar-refractivity contribution in [2.24, 2.45) is 0 Å². The zero-order valence-electron chi connectivity index (χ0n) is 11.5. The third kappa shape index (κ3) is 3.40. The maximum atomic E-state index is 12.2. The van der Waals surface area contributed by atoms with Crippen LogP contribution in [0.15, 0.2) is 42.7 Å². The van der Waals surface area contributed by atoms with Crippen LogP contribution in [0.2, 0.25) is 5.02 Å². The molecule has 0 saturated carbocycles. The van der Waals surface area contributed by atoms with E-state index >= 15 is 0 Å². The lowest BCUT2D eigenvalue weighted by Crippen LogP contribution is -2.12. The van der Waals surface area contributed by atoms with E-state index in [1.54, 1.807) is 18.2 Å². The lowest BCUT2D eigenvalue weighted by Gasteiger charge is -2.09. The zero-order valence-corrected chi connectivity index (χ0v) is 12.3. The van der Waals surface area contributed by atoms with E-state index in [4.69, 9.17) is 11.6 Å². The van der Waals surface area contributed by atoms with Crippen molar-refractivity contribution in [2.75, 3.05) is 5.32 Å². The maximum absolute atomic E-state index is 12.2. The van der Waals surface area contributed by atoms with Gasteiger partial charge in [0.1, 0.15) is 5.75 Å². The number of amides is 1. The lowest BCUT2D eigenvalue weighted by molar-refractivity contribution is -0.0497. The van der Waals surface area contributed by atoms with Gasteiger partial charge in [0.2, 0.25) is 0 Å². The molecule has 5 nitrogen and oxygen atoms in total. The molecule has 0 fully saturated rings. The average Bonchev–Trinajstić information content (AvgIpc) is 2.97. The van der Waals surface area contributed by atoms with Crippen molar-refractivity contribution in [3.8, 4) is 5.75 Å². The predicted molar refractivity (Wildman–Crippen MR) is 82.1 cm³/mol. The number of aromatic amines is 1. The van der Waals surface area contributed by atoms with Crippen LogP contribution in [0.3, 0.4) is 0 Å². The molecule has 3 rings (SSSR count). The molecule has 0 spiro atoms. The van der Waals surface area contributed by atoms with Crippen LogP contribution in [0, 0.1) is 0 Å². The van der Waals surface area contributed by atoms with Crippen LogP contribution in [0.25, 0.3) is 11.0 Å². The third-order valence-corrected chi connectivity index (χ3v) is 3.38.